The van der Waals surface area contributed by atoms with Crippen molar-refractivity contribution in [2.75, 3.05) is 0 Å². The zero-order chi connectivity index (χ0) is 17.4. The van der Waals surface area contributed by atoms with E-state index >= 15 is 0 Å². The number of carbonyl (C=O) groups is 4. The number of carbonyl (C=O) groups excluding carboxylic acids is 3. The number of nitrogens with zero attached hydrogens (tertiary/aromatic N) is 1. The Morgan fingerprint density at radius 1 is 1.17 bits per heavy atom. The summed E-state index contributed by atoms with van der Waals surface area (Å²) in [4.78, 5) is 45.6. The molecule has 1 aromatic heterocycles. The molecular formula is C16H13N3O5. The molecule has 0 unspecified atom stereocenters. The van der Waals surface area contributed by atoms with Gasteiger partial charge in [-0.2, -0.15) is 0 Å². The van der Waals surface area contributed by atoms with Gasteiger partial charge in [0.25, 0.3) is 11.8 Å². The van der Waals surface area contributed by atoms with E-state index in [9.17, 15) is 19.2 Å². The van der Waals surface area contributed by atoms with E-state index in [0.717, 1.165) is 10.9 Å². The van der Waals surface area contributed by atoms with Crippen molar-refractivity contribution in [3.05, 3.63) is 41.6 Å². The van der Waals surface area contributed by atoms with Crippen LogP contribution in [-0.4, -0.2) is 33.5 Å². The van der Waals surface area contributed by atoms with Gasteiger partial charge >= 0.3 is 12.0 Å². The van der Waals surface area contributed by atoms with E-state index in [1.807, 2.05) is 10.6 Å². The highest BCUT2D eigenvalue weighted by molar-refractivity contribution is 6.31. The predicted octanol–water partition coefficient (Wildman–Crippen LogP) is 1.04. The lowest BCUT2D eigenvalue weighted by atomic mass is 10.1. The third kappa shape index (κ3) is 2.65. The minimum Gasteiger partial charge on any atom is -0.480 e. The topological polar surface area (TPSA) is 118 Å². The molecule has 0 bridgehead atoms. The molecule has 2 aromatic rings. The molecule has 0 aliphatic carbocycles. The van der Waals surface area contributed by atoms with Gasteiger partial charge in [0, 0.05) is 17.1 Å². The van der Waals surface area contributed by atoms with Gasteiger partial charge in [0.2, 0.25) is 0 Å². The van der Waals surface area contributed by atoms with Crippen LogP contribution >= 0.6 is 0 Å². The first-order valence-corrected chi connectivity index (χ1v) is 7.08. The van der Waals surface area contributed by atoms with Crippen molar-refractivity contribution >= 4 is 40.8 Å². The summed E-state index contributed by atoms with van der Waals surface area (Å²) < 4.78 is 1.62. The number of barbiturate groups is 1. The lowest BCUT2D eigenvalue weighted by molar-refractivity contribution is -0.140. The highest BCUT2D eigenvalue weighted by Crippen LogP contribution is 2.23. The molecule has 0 saturated carbocycles. The number of imide groups is 2. The molecule has 1 fully saturated rings. The van der Waals surface area contributed by atoms with Gasteiger partial charge in [0.1, 0.15) is 11.6 Å². The van der Waals surface area contributed by atoms with Gasteiger partial charge < -0.3 is 9.67 Å². The summed E-state index contributed by atoms with van der Waals surface area (Å²) in [5, 5.41) is 13.9. The molecule has 3 N–H and O–H groups in total. The number of hydrogen-bond acceptors (Lipinski definition) is 4. The molecule has 122 valence electrons. The second kappa shape index (κ2) is 5.65. The van der Waals surface area contributed by atoms with Crippen LogP contribution in [0.25, 0.3) is 17.0 Å². The van der Waals surface area contributed by atoms with Gasteiger partial charge in [0.15, 0.2) is 0 Å². The summed E-state index contributed by atoms with van der Waals surface area (Å²) >= 11 is 0. The summed E-state index contributed by atoms with van der Waals surface area (Å²) in [6, 6.07) is 5.29. The number of hydrogen-bond donors (Lipinski definition) is 3. The third-order valence-electron chi connectivity index (χ3n) is 3.77. The van der Waals surface area contributed by atoms with Gasteiger partial charge in [-0.05, 0) is 36.8 Å². The summed E-state index contributed by atoms with van der Waals surface area (Å²) in [7, 11) is 0. The molecule has 8 nitrogen and oxygen atoms in total. The number of carboxylic acid groups (broad SMARTS) is 1. The molecule has 0 spiro atoms. The van der Waals surface area contributed by atoms with E-state index in [2.05, 4.69) is 0 Å². The number of carboxylic acids is 1. The lowest BCUT2D eigenvalue weighted by Crippen LogP contribution is -2.51. The van der Waals surface area contributed by atoms with Crippen molar-refractivity contribution in [2.24, 2.45) is 0 Å². The molecule has 4 amide bonds. The largest absolute Gasteiger partial charge is 0.480 e. The van der Waals surface area contributed by atoms with Crippen LogP contribution in [-0.2, 0) is 14.4 Å². The molecule has 3 rings (SSSR count). The maximum absolute atomic E-state index is 11.7. The van der Waals surface area contributed by atoms with Crippen LogP contribution < -0.4 is 10.6 Å². The van der Waals surface area contributed by atoms with E-state index in [1.165, 1.54) is 6.08 Å². The Hall–Kier alpha value is -3.42. The Labute approximate surface area is 135 Å². The van der Waals surface area contributed by atoms with E-state index in [4.69, 9.17) is 5.11 Å². The fraction of sp³-hybridized carbons (Fsp3) is 0.125. The molecule has 1 aromatic carbocycles. The van der Waals surface area contributed by atoms with Crippen LogP contribution in [0.5, 0.6) is 0 Å². The Bertz CT molecular complexity index is 903. The number of aromatic nitrogens is 1. The van der Waals surface area contributed by atoms with Crippen molar-refractivity contribution in [3.63, 3.8) is 0 Å². The van der Waals surface area contributed by atoms with Crippen LogP contribution in [0.4, 0.5) is 4.79 Å². The first-order valence-electron chi connectivity index (χ1n) is 7.08. The fourth-order valence-electron chi connectivity index (χ4n) is 2.50. The average molecular weight is 327 g/mol. The minimum absolute atomic E-state index is 0.174. The van der Waals surface area contributed by atoms with Crippen molar-refractivity contribution < 1.29 is 24.3 Å². The highest BCUT2D eigenvalue weighted by Gasteiger charge is 2.27. The van der Waals surface area contributed by atoms with E-state index in [-0.39, 0.29) is 5.57 Å². The number of benzene rings is 1. The van der Waals surface area contributed by atoms with E-state index in [0.29, 0.717) is 5.56 Å². The SMILES string of the molecule is C[C@H](C(=O)O)n1ccc2cc(C=C3C(=O)NC(=O)NC3=O)ccc21. The Kier molecular flexibility index (Phi) is 3.64. The fourth-order valence-corrected chi connectivity index (χ4v) is 2.50. The molecule has 24 heavy (non-hydrogen) atoms. The van der Waals surface area contributed by atoms with Crippen molar-refractivity contribution in [2.45, 2.75) is 13.0 Å². The molecule has 2 heterocycles. The zero-order valence-corrected chi connectivity index (χ0v) is 12.6. The summed E-state index contributed by atoms with van der Waals surface area (Å²) in [6.45, 7) is 1.57. The van der Waals surface area contributed by atoms with Crippen LogP contribution in [0.1, 0.15) is 18.5 Å². The van der Waals surface area contributed by atoms with Gasteiger partial charge in [0.05, 0.1) is 0 Å². The smallest absolute Gasteiger partial charge is 0.328 e. The first-order chi connectivity index (χ1) is 11.4. The maximum Gasteiger partial charge on any atom is 0.328 e. The van der Waals surface area contributed by atoms with Crippen LogP contribution in [0.2, 0.25) is 0 Å². The van der Waals surface area contributed by atoms with Gasteiger partial charge in [-0.15, -0.1) is 0 Å². The number of nitrogens with one attached hydrogen (secondary N) is 2. The van der Waals surface area contributed by atoms with Crippen molar-refractivity contribution in [1.29, 1.82) is 0 Å². The first kappa shape index (κ1) is 15.5. The minimum atomic E-state index is -0.945. The third-order valence-corrected chi connectivity index (χ3v) is 3.77. The van der Waals surface area contributed by atoms with Crippen molar-refractivity contribution in [3.8, 4) is 0 Å². The van der Waals surface area contributed by atoms with Crippen LogP contribution in [0, 0.1) is 0 Å². The molecule has 1 atom stereocenters. The monoisotopic (exact) mass is 327 g/mol. The Morgan fingerprint density at radius 3 is 2.46 bits per heavy atom. The zero-order valence-electron chi connectivity index (χ0n) is 12.6. The van der Waals surface area contributed by atoms with Gasteiger partial charge in [-0.3, -0.25) is 20.2 Å². The van der Waals surface area contributed by atoms with Crippen LogP contribution in [0.15, 0.2) is 36.0 Å². The molecule has 1 aliphatic heterocycles. The van der Waals surface area contributed by atoms with E-state index < -0.39 is 29.9 Å². The molecule has 1 saturated heterocycles. The Balaban J connectivity index is 1.99. The second-order valence-electron chi connectivity index (χ2n) is 5.35. The molecule has 8 heteroatoms. The summed E-state index contributed by atoms with van der Waals surface area (Å²) in [6.07, 6.45) is 3.04. The maximum atomic E-state index is 11.7. The Morgan fingerprint density at radius 2 is 1.83 bits per heavy atom. The normalized spacial score (nSPS) is 15.9. The van der Waals surface area contributed by atoms with Gasteiger partial charge in [-0.25, -0.2) is 9.59 Å². The van der Waals surface area contributed by atoms with Crippen molar-refractivity contribution in [1.82, 2.24) is 15.2 Å². The van der Waals surface area contributed by atoms with Crippen LogP contribution in [0.3, 0.4) is 0 Å². The van der Waals surface area contributed by atoms with Gasteiger partial charge in [-0.1, -0.05) is 6.07 Å². The molecule has 0 radical (unpaired) electrons. The quantitative estimate of drug-likeness (QED) is 0.575. The van der Waals surface area contributed by atoms with E-state index in [1.54, 1.807) is 42.0 Å². The number of urea groups is 1. The summed E-state index contributed by atoms with van der Waals surface area (Å²) in [5.41, 5.74) is 1.13. The molecular weight excluding hydrogens is 314 g/mol. The number of rotatable bonds is 3. The highest BCUT2D eigenvalue weighted by atomic mass is 16.4. The average Bonchev–Trinajstić information content (AvgIpc) is 2.93. The lowest BCUT2D eigenvalue weighted by Gasteiger charge is -2.14. The second-order valence-corrected chi connectivity index (χ2v) is 5.35. The molecule has 1 aliphatic rings. The number of amides is 4. The summed E-state index contributed by atoms with van der Waals surface area (Å²) in [5.74, 6) is -2.47. The predicted molar refractivity (Wildman–Crippen MR) is 83.9 cm³/mol. The number of aliphatic carboxylic acids is 1. The standard InChI is InChI=1S/C16H13N3O5/c1-8(15(22)23)19-5-4-10-6-9(2-3-12(10)19)7-11-13(20)17-16(24)18-14(11)21/h2-8H,1H3,(H,22,23)(H2,17,18,20,21,24)/t8-/m1/s1. The number of fused-ring (bicyclic) bond motifs is 1.